The number of hydrogen-bond donors (Lipinski definition) is 1. The molecule has 140 valence electrons. The van der Waals surface area contributed by atoms with E-state index in [1.54, 1.807) is 42.3 Å². The fourth-order valence-corrected chi connectivity index (χ4v) is 3.67. The second-order valence-corrected chi connectivity index (χ2v) is 7.08. The molecule has 4 rings (SSSR count). The summed E-state index contributed by atoms with van der Waals surface area (Å²) in [5.41, 5.74) is 1.57. The van der Waals surface area contributed by atoms with E-state index in [0.717, 1.165) is 30.5 Å². The molecule has 27 heavy (non-hydrogen) atoms. The molecule has 0 aromatic heterocycles. The number of nitrogens with zero attached hydrogens (tertiary/aromatic N) is 1. The van der Waals surface area contributed by atoms with Crippen LogP contribution in [0.5, 0.6) is 5.75 Å². The topological polar surface area (TPSA) is 58.6 Å². The highest BCUT2D eigenvalue weighted by atomic mass is 19.1. The van der Waals surface area contributed by atoms with Gasteiger partial charge in [-0.2, -0.15) is 0 Å². The van der Waals surface area contributed by atoms with Crippen molar-refractivity contribution in [3.8, 4) is 5.75 Å². The van der Waals surface area contributed by atoms with Crippen LogP contribution in [0, 0.1) is 5.82 Å². The lowest BCUT2D eigenvalue weighted by molar-refractivity contribution is -0.118. The summed E-state index contributed by atoms with van der Waals surface area (Å²) in [6, 6.07) is 11.4. The molecule has 1 aliphatic carbocycles. The largest absolute Gasteiger partial charge is 0.494 e. The zero-order valence-electron chi connectivity index (χ0n) is 15.1. The predicted octanol–water partition coefficient (Wildman–Crippen LogP) is 3.63. The maximum atomic E-state index is 13.2. The molecule has 1 aliphatic heterocycles. The Hall–Kier alpha value is -2.89. The SMILES string of the molecule is COc1cc(NC(=O)C2(c3ccc(F)cc3)CC2)ccc1N1CCCC1=O. The van der Waals surface area contributed by atoms with Gasteiger partial charge in [-0.25, -0.2) is 4.39 Å². The van der Waals surface area contributed by atoms with Gasteiger partial charge in [0.05, 0.1) is 18.2 Å². The summed E-state index contributed by atoms with van der Waals surface area (Å²) in [6.07, 6.45) is 2.85. The van der Waals surface area contributed by atoms with Crippen LogP contribution >= 0.6 is 0 Å². The molecule has 0 radical (unpaired) electrons. The Labute approximate surface area is 157 Å². The van der Waals surface area contributed by atoms with Crippen LogP contribution in [0.2, 0.25) is 0 Å². The van der Waals surface area contributed by atoms with E-state index in [9.17, 15) is 14.0 Å². The normalized spacial score (nSPS) is 17.7. The van der Waals surface area contributed by atoms with Crippen LogP contribution in [-0.4, -0.2) is 25.5 Å². The van der Waals surface area contributed by atoms with Gasteiger partial charge in [0.2, 0.25) is 11.8 Å². The first-order valence-corrected chi connectivity index (χ1v) is 9.09. The zero-order valence-corrected chi connectivity index (χ0v) is 15.1. The maximum absolute atomic E-state index is 13.2. The summed E-state index contributed by atoms with van der Waals surface area (Å²) in [7, 11) is 1.55. The van der Waals surface area contributed by atoms with Gasteiger partial charge in [-0.05, 0) is 49.1 Å². The van der Waals surface area contributed by atoms with Crippen LogP contribution in [0.15, 0.2) is 42.5 Å². The number of rotatable bonds is 5. The molecule has 2 aromatic rings. The van der Waals surface area contributed by atoms with Crippen LogP contribution in [0.4, 0.5) is 15.8 Å². The van der Waals surface area contributed by atoms with E-state index in [0.29, 0.717) is 24.4 Å². The molecule has 2 fully saturated rings. The van der Waals surface area contributed by atoms with Crippen molar-refractivity contribution in [2.75, 3.05) is 23.9 Å². The first kappa shape index (κ1) is 17.5. The maximum Gasteiger partial charge on any atom is 0.235 e. The molecule has 1 heterocycles. The monoisotopic (exact) mass is 368 g/mol. The molecule has 2 aromatic carbocycles. The van der Waals surface area contributed by atoms with Crippen molar-refractivity contribution in [3.63, 3.8) is 0 Å². The third kappa shape index (κ3) is 3.16. The minimum atomic E-state index is -0.593. The lowest BCUT2D eigenvalue weighted by atomic mass is 9.95. The standard InChI is InChI=1S/C21H21FN2O3/c1-27-18-13-16(8-9-17(18)24-12-2-3-19(24)25)23-20(26)21(10-11-21)14-4-6-15(22)7-5-14/h4-9,13H,2-3,10-12H2,1H3,(H,23,26). The first-order chi connectivity index (χ1) is 13.0. The highest BCUT2D eigenvalue weighted by Crippen LogP contribution is 2.49. The van der Waals surface area contributed by atoms with E-state index in [1.165, 1.54) is 12.1 Å². The number of nitrogens with one attached hydrogen (secondary N) is 1. The van der Waals surface area contributed by atoms with Gasteiger partial charge in [-0.1, -0.05) is 12.1 Å². The van der Waals surface area contributed by atoms with Crippen molar-refractivity contribution < 1.29 is 18.7 Å². The second kappa shape index (κ2) is 6.68. The fourth-order valence-electron chi connectivity index (χ4n) is 3.67. The smallest absolute Gasteiger partial charge is 0.235 e. The third-order valence-corrected chi connectivity index (χ3v) is 5.38. The fraction of sp³-hybridized carbons (Fsp3) is 0.333. The van der Waals surface area contributed by atoms with Gasteiger partial charge in [0, 0.05) is 24.7 Å². The minimum absolute atomic E-state index is 0.0818. The Morgan fingerprint density at radius 2 is 1.93 bits per heavy atom. The van der Waals surface area contributed by atoms with E-state index >= 15 is 0 Å². The second-order valence-electron chi connectivity index (χ2n) is 7.08. The predicted molar refractivity (Wildman–Crippen MR) is 101 cm³/mol. The van der Waals surface area contributed by atoms with Crippen LogP contribution in [0.3, 0.4) is 0 Å². The molecule has 0 bridgehead atoms. The lowest BCUT2D eigenvalue weighted by Crippen LogP contribution is -2.28. The van der Waals surface area contributed by atoms with Crippen molar-refractivity contribution in [1.29, 1.82) is 0 Å². The molecule has 1 saturated heterocycles. The summed E-state index contributed by atoms with van der Waals surface area (Å²) in [6.45, 7) is 0.675. The van der Waals surface area contributed by atoms with Gasteiger partial charge in [-0.15, -0.1) is 0 Å². The number of anilines is 2. The number of carbonyl (C=O) groups is 2. The summed E-state index contributed by atoms with van der Waals surface area (Å²) < 4.78 is 18.6. The average Bonchev–Trinajstić information content (AvgIpc) is 3.38. The number of amides is 2. The van der Waals surface area contributed by atoms with Gasteiger partial charge in [0.1, 0.15) is 11.6 Å². The zero-order chi connectivity index (χ0) is 19.0. The average molecular weight is 368 g/mol. The number of ether oxygens (including phenoxy) is 1. The van der Waals surface area contributed by atoms with Gasteiger partial charge in [0.15, 0.2) is 0 Å². The quantitative estimate of drug-likeness (QED) is 0.877. The molecule has 0 atom stereocenters. The molecule has 2 amide bonds. The molecule has 0 spiro atoms. The van der Waals surface area contributed by atoms with Gasteiger partial charge in [-0.3, -0.25) is 9.59 Å². The van der Waals surface area contributed by atoms with Crippen LogP contribution in [0.25, 0.3) is 0 Å². The Morgan fingerprint density at radius 1 is 1.19 bits per heavy atom. The molecule has 1 N–H and O–H groups in total. The molecular formula is C21H21FN2O3. The van der Waals surface area contributed by atoms with E-state index in [1.807, 2.05) is 0 Å². The minimum Gasteiger partial charge on any atom is -0.494 e. The van der Waals surface area contributed by atoms with Crippen molar-refractivity contribution in [2.45, 2.75) is 31.1 Å². The molecule has 5 nitrogen and oxygen atoms in total. The van der Waals surface area contributed by atoms with Crippen LogP contribution in [0.1, 0.15) is 31.2 Å². The molecule has 0 unspecified atom stereocenters. The van der Waals surface area contributed by atoms with E-state index in [2.05, 4.69) is 5.32 Å². The Bertz CT molecular complexity index is 891. The number of methoxy groups -OCH3 is 1. The van der Waals surface area contributed by atoms with Gasteiger partial charge >= 0.3 is 0 Å². The van der Waals surface area contributed by atoms with Crippen LogP contribution in [-0.2, 0) is 15.0 Å². The van der Waals surface area contributed by atoms with E-state index in [4.69, 9.17) is 4.74 Å². The molecule has 1 saturated carbocycles. The number of benzene rings is 2. The Kier molecular flexibility index (Phi) is 4.34. The molecular weight excluding hydrogens is 347 g/mol. The molecule has 6 heteroatoms. The third-order valence-electron chi connectivity index (χ3n) is 5.38. The van der Waals surface area contributed by atoms with Crippen LogP contribution < -0.4 is 15.0 Å². The number of carbonyl (C=O) groups excluding carboxylic acids is 2. The van der Waals surface area contributed by atoms with Crippen molar-refractivity contribution in [1.82, 2.24) is 0 Å². The highest BCUT2D eigenvalue weighted by Gasteiger charge is 2.51. The Balaban J connectivity index is 1.55. The lowest BCUT2D eigenvalue weighted by Gasteiger charge is -2.21. The summed E-state index contributed by atoms with van der Waals surface area (Å²) in [4.78, 5) is 26.6. The summed E-state index contributed by atoms with van der Waals surface area (Å²) >= 11 is 0. The Morgan fingerprint density at radius 3 is 2.52 bits per heavy atom. The van der Waals surface area contributed by atoms with Gasteiger partial charge < -0.3 is 15.0 Å². The van der Waals surface area contributed by atoms with E-state index < -0.39 is 5.41 Å². The number of halogens is 1. The molecule has 2 aliphatic rings. The van der Waals surface area contributed by atoms with Crippen molar-refractivity contribution in [3.05, 3.63) is 53.8 Å². The summed E-state index contributed by atoms with van der Waals surface area (Å²) in [5.74, 6) is 0.209. The van der Waals surface area contributed by atoms with Crippen molar-refractivity contribution >= 4 is 23.2 Å². The van der Waals surface area contributed by atoms with E-state index in [-0.39, 0.29) is 17.6 Å². The first-order valence-electron chi connectivity index (χ1n) is 9.09. The number of hydrogen-bond acceptors (Lipinski definition) is 3. The summed E-state index contributed by atoms with van der Waals surface area (Å²) in [5, 5.41) is 2.95. The van der Waals surface area contributed by atoms with Gasteiger partial charge in [0.25, 0.3) is 0 Å². The highest BCUT2D eigenvalue weighted by molar-refractivity contribution is 6.02. The van der Waals surface area contributed by atoms with Crippen molar-refractivity contribution in [2.24, 2.45) is 0 Å².